The Morgan fingerprint density at radius 2 is 2.04 bits per heavy atom. The fraction of sp³-hybridized carbons (Fsp3) is 0.647. The van der Waals surface area contributed by atoms with Crippen LogP contribution in [0.5, 0.6) is 0 Å². The number of methoxy groups -OCH3 is 1. The highest BCUT2D eigenvalue weighted by Gasteiger charge is 2.32. The lowest BCUT2D eigenvalue weighted by molar-refractivity contribution is -0.117. The maximum absolute atomic E-state index is 12.6. The monoisotopic (exact) mass is 336 g/mol. The number of anilines is 1. The summed E-state index contributed by atoms with van der Waals surface area (Å²) in [6.45, 7) is 1.22. The highest BCUT2D eigenvalue weighted by atomic mass is 32.1. The Labute approximate surface area is 140 Å². The number of rotatable bonds is 7. The summed E-state index contributed by atoms with van der Waals surface area (Å²) in [7, 11) is 1.66. The quantitative estimate of drug-likeness (QED) is 0.752. The van der Waals surface area contributed by atoms with Gasteiger partial charge in [0, 0.05) is 31.1 Å². The van der Waals surface area contributed by atoms with Gasteiger partial charge in [0.2, 0.25) is 5.91 Å². The second kappa shape index (κ2) is 7.45. The topological polar surface area (TPSA) is 67.4 Å². The number of carbonyl (C=O) groups excluding carboxylic acids is 2. The van der Waals surface area contributed by atoms with Gasteiger partial charge < -0.3 is 15.4 Å². The molecule has 2 aliphatic carbocycles. The van der Waals surface area contributed by atoms with Gasteiger partial charge in [0.15, 0.2) is 0 Å². The summed E-state index contributed by atoms with van der Waals surface area (Å²) in [5, 5.41) is 6.72. The van der Waals surface area contributed by atoms with Gasteiger partial charge in [-0.3, -0.25) is 9.59 Å². The van der Waals surface area contributed by atoms with Crippen molar-refractivity contribution < 1.29 is 14.3 Å². The summed E-state index contributed by atoms with van der Waals surface area (Å²) < 4.78 is 5.01. The lowest BCUT2D eigenvalue weighted by Crippen LogP contribution is -2.27. The molecular formula is C17H24N2O3S. The lowest BCUT2D eigenvalue weighted by Gasteiger charge is -2.13. The van der Waals surface area contributed by atoms with Gasteiger partial charge in [-0.2, -0.15) is 0 Å². The Morgan fingerprint density at radius 3 is 2.78 bits per heavy atom. The molecule has 0 radical (unpaired) electrons. The average Bonchev–Trinajstić information content (AvgIpc) is 3.33. The number of fused-ring (bicyclic) bond motifs is 1. The summed E-state index contributed by atoms with van der Waals surface area (Å²) >= 11 is 1.59. The third-order valence-electron chi connectivity index (χ3n) is 4.39. The Balaban J connectivity index is 1.76. The molecule has 1 heterocycles. The van der Waals surface area contributed by atoms with Crippen molar-refractivity contribution in [2.24, 2.45) is 5.92 Å². The van der Waals surface area contributed by atoms with Gasteiger partial charge >= 0.3 is 0 Å². The molecule has 0 atom stereocenters. The van der Waals surface area contributed by atoms with Crippen molar-refractivity contribution in [1.82, 2.24) is 5.32 Å². The fourth-order valence-corrected chi connectivity index (χ4v) is 4.25. The Hall–Kier alpha value is -1.40. The number of nitrogens with one attached hydrogen (secondary N) is 2. The second-order valence-electron chi connectivity index (χ2n) is 6.28. The van der Waals surface area contributed by atoms with Crippen molar-refractivity contribution >= 4 is 28.2 Å². The lowest BCUT2D eigenvalue weighted by atomic mass is 9.95. The number of aryl methyl sites for hydroxylation is 1. The molecule has 0 bridgehead atoms. The molecular weight excluding hydrogens is 312 g/mol. The molecule has 1 aromatic heterocycles. The Morgan fingerprint density at radius 1 is 1.26 bits per heavy atom. The molecule has 0 spiro atoms. The zero-order chi connectivity index (χ0) is 16.2. The third-order valence-corrected chi connectivity index (χ3v) is 5.60. The van der Waals surface area contributed by atoms with Crippen LogP contribution in [0.1, 0.15) is 52.9 Å². The molecule has 0 saturated heterocycles. The molecule has 2 N–H and O–H groups in total. The molecule has 6 heteroatoms. The molecule has 2 amide bonds. The molecule has 3 rings (SSSR count). The highest BCUT2D eigenvalue weighted by Crippen LogP contribution is 2.39. The molecule has 0 aliphatic heterocycles. The molecule has 0 aromatic carbocycles. The predicted molar refractivity (Wildman–Crippen MR) is 91.1 cm³/mol. The molecule has 2 aliphatic rings. The number of ether oxygens (including phenoxy) is 1. The first-order chi connectivity index (χ1) is 11.2. The van der Waals surface area contributed by atoms with E-state index in [1.54, 1.807) is 18.4 Å². The van der Waals surface area contributed by atoms with Crippen LogP contribution in [-0.2, 0) is 22.4 Å². The molecule has 0 unspecified atom stereocenters. The molecule has 1 aromatic rings. The molecule has 126 valence electrons. The maximum Gasteiger partial charge on any atom is 0.254 e. The van der Waals surface area contributed by atoms with Crippen LogP contribution in [0.4, 0.5) is 5.00 Å². The molecule has 1 saturated carbocycles. The number of hydrogen-bond acceptors (Lipinski definition) is 4. The molecule has 23 heavy (non-hydrogen) atoms. The zero-order valence-electron chi connectivity index (χ0n) is 13.6. The minimum atomic E-state index is -0.0633. The van der Waals surface area contributed by atoms with E-state index in [0.29, 0.717) is 18.7 Å². The van der Waals surface area contributed by atoms with Crippen LogP contribution < -0.4 is 10.6 Å². The highest BCUT2D eigenvalue weighted by molar-refractivity contribution is 7.17. The van der Waals surface area contributed by atoms with E-state index in [1.807, 2.05) is 0 Å². The zero-order valence-corrected chi connectivity index (χ0v) is 14.4. The van der Waals surface area contributed by atoms with E-state index in [-0.39, 0.29) is 17.7 Å². The van der Waals surface area contributed by atoms with Gasteiger partial charge in [0.1, 0.15) is 5.00 Å². The van der Waals surface area contributed by atoms with Crippen molar-refractivity contribution in [3.8, 4) is 0 Å². The normalized spacial score (nSPS) is 16.7. The van der Waals surface area contributed by atoms with Crippen LogP contribution in [0.2, 0.25) is 0 Å². The van der Waals surface area contributed by atoms with Gasteiger partial charge in [-0.1, -0.05) is 0 Å². The summed E-state index contributed by atoms with van der Waals surface area (Å²) in [4.78, 5) is 26.0. The number of carbonyl (C=O) groups is 2. The first-order valence-electron chi connectivity index (χ1n) is 8.43. The van der Waals surface area contributed by atoms with Crippen LogP contribution in [0.3, 0.4) is 0 Å². The van der Waals surface area contributed by atoms with Gasteiger partial charge in [0.05, 0.1) is 5.56 Å². The Kier molecular flexibility index (Phi) is 5.33. The second-order valence-corrected chi connectivity index (χ2v) is 7.39. The van der Waals surface area contributed by atoms with Gasteiger partial charge in [-0.15, -0.1) is 11.3 Å². The summed E-state index contributed by atoms with van der Waals surface area (Å²) in [6, 6.07) is 0. The van der Waals surface area contributed by atoms with E-state index in [9.17, 15) is 9.59 Å². The fourth-order valence-electron chi connectivity index (χ4n) is 2.96. The van der Waals surface area contributed by atoms with Crippen LogP contribution in [-0.4, -0.2) is 32.1 Å². The van der Waals surface area contributed by atoms with Crippen molar-refractivity contribution in [3.63, 3.8) is 0 Å². The van der Waals surface area contributed by atoms with Gasteiger partial charge in [-0.05, 0) is 50.5 Å². The standard InChI is InChI=1S/C17H24N2O3S/c1-22-10-4-9-18-16(21)14-12-5-2-3-6-13(12)23-17(14)19-15(20)11-7-8-11/h11H,2-10H2,1H3,(H,18,21)(H,19,20). The van der Waals surface area contributed by atoms with E-state index in [2.05, 4.69) is 10.6 Å². The van der Waals surface area contributed by atoms with Crippen molar-refractivity contribution in [2.45, 2.75) is 44.9 Å². The van der Waals surface area contributed by atoms with E-state index >= 15 is 0 Å². The Bertz CT molecular complexity index is 593. The number of hydrogen-bond donors (Lipinski definition) is 2. The van der Waals surface area contributed by atoms with Gasteiger partial charge in [-0.25, -0.2) is 0 Å². The summed E-state index contributed by atoms with van der Waals surface area (Å²) in [5.74, 6) is 0.148. The van der Waals surface area contributed by atoms with Crippen molar-refractivity contribution in [2.75, 3.05) is 25.6 Å². The summed E-state index contributed by atoms with van der Waals surface area (Å²) in [5.41, 5.74) is 1.85. The van der Waals surface area contributed by atoms with Crippen LogP contribution in [0.25, 0.3) is 0 Å². The van der Waals surface area contributed by atoms with Crippen LogP contribution >= 0.6 is 11.3 Å². The maximum atomic E-state index is 12.6. The van der Waals surface area contributed by atoms with Crippen LogP contribution in [0, 0.1) is 5.92 Å². The van der Waals surface area contributed by atoms with E-state index in [4.69, 9.17) is 4.74 Å². The molecule has 5 nitrogen and oxygen atoms in total. The van der Waals surface area contributed by atoms with Crippen molar-refractivity contribution in [3.05, 3.63) is 16.0 Å². The molecule has 1 fully saturated rings. The largest absolute Gasteiger partial charge is 0.385 e. The predicted octanol–water partition coefficient (Wildman–Crippen LogP) is 2.74. The third kappa shape index (κ3) is 3.93. The van der Waals surface area contributed by atoms with Crippen LogP contribution in [0.15, 0.2) is 0 Å². The van der Waals surface area contributed by atoms with E-state index < -0.39 is 0 Å². The smallest absolute Gasteiger partial charge is 0.254 e. The first kappa shape index (κ1) is 16.5. The van der Waals surface area contributed by atoms with Crippen molar-refractivity contribution in [1.29, 1.82) is 0 Å². The van der Waals surface area contributed by atoms with E-state index in [1.165, 1.54) is 11.3 Å². The number of amides is 2. The minimum Gasteiger partial charge on any atom is -0.385 e. The van der Waals surface area contributed by atoms with E-state index in [0.717, 1.165) is 49.1 Å². The number of thiophene rings is 1. The summed E-state index contributed by atoms with van der Waals surface area (Å²) in [6.07, 6.45) is 6.96. The average molecular weight is 336 g/mol. The minimum absolute atomic E-state index is 0.0633. The van der Waals surface area contributed by atoms with Gasteiger partial charge in [0.25, 0.3) is 5.91 Å². The first-order valence-corrected chi connectivity index (χ1v) is 9.25. The SMILES string of the molecule is COCCCNC(=O)c1c(NC(=O)C2CC2)sc2c1CCCC2.